The van der Waals surface area contributed by atoms with Crippen LogP contribution in [0.4, 0.5) is 5.69 Å². The number of para-hydroxylation sites is 4. The van der Waals surface area contributed by atoms with Crippen molar-refractivity contribution in [1.29, 1.82) is 0 Å². The number of carbonyl (C=O) groups is 1. The Morgan fingerprint density at radius 1 is 1.06 bits per heavy atom. The summed E-state index contributed by atoms with van der Waals surface area (Å²) in [7, 11) is 0. The Morgan fingerprint density at radius 2 is 1.86 bits per heavy atom. The Morgan fingerprint density at radius 3 is 2.66 bits per heavy atom. The standard InChI is InChI=1S/C27H25N2O5S/c30-13-11-28-20-5-1-3-7-22(20)33-24(28)15-18-26(32)19(27(18)35-17-9-10-17)16-25-29(12-14-31)21-6-2-4-8-23(21)34-25/h1-8,15-17,30-31H,9-14H2/q+1. The highest BCUT2D eigenvalue weighted by molar-refractivity contribution is 8.04. The molecule has 1 fully saturated rings. The number of ether oxygens (including phenoxy) is 1. The predicted molar refractivity (Wildman–Crippen MR) is 134 cm³/mol. The molecule has 8 heteroatoms. The minimum Gasteiger partial charge on any atom is -0.439 e. The lowest BCUT2D eigenvalue weighted by atomic mass is 9.89. The Labute approximate surface area is 206 Å². The molecule has 2 N–H and O–H groups in total. The zero-order valence-corrected chi connectivity index (χ0v) is 19.8. The molecule has 0 bridgehead atoms. The fraction of sp³-hybridized carbons (Fsp3) is 0.259. The number of nitrogens with zero attached hydrogens (tertiary/aromatic N) is 2. The summed E-state index contributed by atoms with van der Waals surface area (Å²) in [6.07, 6.45) is 5.85. The second kappa shape index (κ2) is 9.03. The van der Waals surface area contributed by atoms with E-state index in [-0.39, 0.29) is 19.0 Å². The molecule has 0 atom stereocenters. The van der Waals surface area contributed by atoms with Gasteiger partial charge in [0, 0.05) is 40.0 Å². The summed E-state index contributed by atoms with van der Waals surface area (Å²) in [4.78, 5) is 16.2. The van der Waals surface area contributed by atoms with Crippen LogP contribution in [-0.2, 0) is 11.3 Å². The maximum Gasteiger partial charge on any atom is 0.374 e. The maximum atomic E-state index is 13.4. The number of ketones is 1. The van der Waals surface area contributed by atoms with Crippen LogP contribution >= 0.6 is 11.8 Å². The van der Waals surface area contributed by atoms with Gasteiger partial charge in [-0.15, -0.1) is 11.8 Å². The van der Waals surface area contributed by atoms with Crippen LogP contribution in [0.2, 0.25) is 0 Å². The van der Waals surface area contributed by atoms with Crippen molar-refractivity contribution in [2.24, 2.45) is 0 Å². The third-order valence-corrected chi connectivity index (χ3v) is 7.72. The smallest absolute Gasteiger partial charge is 0.374 e. The first-order valence-corrected chi connectivity index (χ1v) is 12.6. The Hall–Kier alpha value is -3.33. The molecule has 0 amide bonds. The minimum absolute atomic E-state index is 0.0340. The van der Waals surface area contributed by atoms with Gasteiger partial charge in [-0.05, 0) is 31.0 Å². The summed E-state index contributed by atoms with van der Waals surface area (Å²) >= 11 is 1.72. The lowest BCUT2D eigenvalue weighted by molar-refractivity contribution is -0.679. The first-order chi connectivity index (χ1) is 17.2. The summed E-state index contributed by atoms with van der Waals surface area (Å²) in [5.74, 6) is 1.71. The van der Waals surface area contributed by atoms with E-state index in [1.165, 1.54) is 0 Å². The lowest BCUT2D eigenvalue weighted by Gasteiger charge is -2.24. The normalized spacial score (nSPS) is 19.6. The van der Waals surface area contributed by atoms with Crippen molar-refractivity contribution in [2.45, 2.75) is 24.6 Å². The highest BCUT2D eigenvalue weighted by atomic mass is 32.2. The average Bonchev–Trinajstić information content (AvgIpc) is 3.55. The molecule has 0 saturated heterocycles. The third-order valence-electron chi connectivity index (χ3n) is 6.24. The van der Waals surface area contributed by atoms with Gasteiger partial charge in [-0.1, -0.05) is 24.3 Å². The number of thioether (sulfide) groups is 1. The van der Waals surface area contributed by atoms with E-state index in [9.17, 15) is 15.0 Å². The van der Waals surface area contributed by atoms with E-state index in [4.69, 9.17) is 9.15 Å². The van der Waals surface area contributed by atoms with Crippen LogP contribution in [0.5, 0.6) is 5.75 Å². The second-order valence-electron chi connectivity index (χ2n) is 8.66. The quantitative estimate of drug-likeness (QED) is 0.370. The number of anilines is 1. The summed E-state index contributed by atoms with van der Waals surface area (Å²) in [5, 5.41) is 19.7. The van der Waals surface area contributed by atoms with Gasteiger partial charge in [-0.3, -0.25) is 4.79 Å². The van der Waals surface area contributed by atoms with E-state index >= 15 is 0 Å². The topological polar surface area (TPSA) is 87.0 Å². The average molecular weight is 490 g/mol. The molecular weight excluding hydrogens is 464 g/mol. The minimum atomic E-state index is -0.0693. The molecule has 0 spiro atoms. The number of fused-ring (bicyclic) bond motifs is 2. The fourth-order valence-corrected chi connectivity index (χ4v) is 5.67. The SMILES string of the molecule is O=C1C(=Cc2oc3ccccc3[n+]2CCO)C(SC2CC2)=C1C=C1Oc2ccccc2N1CCO. The third kappa shape index (κ3) is 3.97. The number of Topliss-reactive ketones (excluding diaryl/α,β-unsaturated/α-hetero) is 1. The van der Waals surface area contributed by atoms with Crippen LogP contribution in [0.15, 0.2) is 81.0 Å². The number of hydrogen-bond donors (Lipinski definition) is 2. The molecule has 0 radical (unpaired) electrons. The molecule has 7 nitrogen and oxygen atoms in total. The molecule has 2 heterocycles. The number of aliphatic hydroxyl groups is 2. The van der Waals surface area contributed by atoms with Crippen molar-refractivity contribution >= 4 is 40.4 Å². The Balaban J connectivity index is 1.41. The van der Waals surface area contributed by atoms with Crippen LogP contribution in [0.1, 0.15) is 18.7 Å². The first kappa shape index (κ1) is 22.2. The number of oxazole rings is 1. The lowest BCUT2D eigenvalue weighted by Crippen LogP contribution is -2.37. The summed E-state index contributed by atoms with van der Waals surface area (Å²) in [6.45, 7) is 0.679. The Bertz CT molecular complexity index is 1420. The molecule has 1 aliphatic heterocycles. The second-order valence-corrected chi connectivity index (χ2v) is 9.97. The molecule has 2 aliphatic carbocycles. The van der Waals surface area contributed by atoms with Gasteiger partial charge in [-0.25, -0.2) is 0 Å². The first-order valence-electron chi connectivity index (χ1n) is 11.7. The predicted octanol–water partition coefficient (Wildman–Crippen LogP) is 3.56. The maximum absolute atomic E-state index is 13.4. The van der Waals surface area contributed by atoms with Crippen molar-refractivity contribution in [3.05, 3.63) is 82.4 Å². The highest BCUT2D eigenvalue weighted by Gasteiger charge is 2.39. The number of carbonyl (C=O) groups excluding carboxylic acids is 1. The van der Waals surface area contributed by atoms with Gasteiger partial charge in [-0.2, -0.15) is 4.57 Å². The molecule has 6 rings (SSSR count). The van der Waals surface area contributed by atoms with Gasteiger partial charge in [0.2, 0.25) is 11.5 Å². The van der Waals surface area contributed by atoms with E-state index in [1.54, 1.807) is 23.9 Å². The van der Waals surface area contributed by atoms with E-state index in [2.05, 4.69) is 0 Å². The number of allylic oxidation sites excluding steroid dienone is 3. The van der Waals surface area contributed by atoms with Crippen LogP contribution < -0.4 is 14.2 Å². The molecule has 3 aromatic rings. The summed E-state index contributed by atoms with van der Waals surface area (Å²) in [5.41, 5.74) is 3.69. The van der Waals surface area contributed by atoms with Gasteiger partial charge in [0.15, 0.2) is 18.1 Å². The van der Waals surface area contributed by atoms with Gasteiger partial charge in [0.05, 0.1) is 18.4 Å². The van der Waals surface area contributed by atoms with Crippen molar-refractivity contribution in [3.8, 4) is 5.75 Å². The molecular formula is C27H25N2O5S+. The van der Waals surface area contributed by atoms with E-state index in [0.29, 0.717) is 52.6 Å². The number of aliphatic hydroxyl groups excluding tert-OH is 2. The number of aromatic nitrogens is 1. The summed E-state index contributed by atoms with van der Waals surface area (Å²) < 4.78 is 14.0. The van der Waals surface area contributed by atoms with Crippen LogP contribution in [0.3, 0.4) is 0 Å². The number of benzene rings is 2. The number of rotatable bonds is 8. The van der Waals surface area contributed by atoms with E-state index in [0.717, 1.165) is 29.0 Å². The monoisotopic (exact) mass is 489 g/mol. The fourth-order valence-electron chi connectivity index (χ4n) is 4.40. The molecule has 1 saturated carbocycles. The van der Waals surface area contributed by atoms with Gasteiger partial charge in [0.25, 0.3) is 5.52 Å². The van der Waals surface area contributed by atoms with Crippen LogP contribution in [0, 0.1) is 0 Å². The molecule has 35 heavy (non-hydrogen) atoms. The molecule has 178 valence electrons. The largest absolute Gasteiger partial charge is 0.439 e. The van der Waals surface area contributed by atoms with E-state index < -0.39 is 0 Å². The number of β-amino-alcohol motifs (C(OH)–C–C–N with tert-alkyl or cyclic N) is 1. The molecule has 3 aliphatic rings. The highest BCUT2D eigenvalue weighted by Crippen LogP contribution is 2.49. The zero-order valence-electron chi connectivity index (χ0n) is 19.0. The zero-order chi connectivity index (χ0) is 23.9. The van der Waals surface area contributed by atoms with E-state index in [1.807, 2.05) is 58.0 Å². The van der Waals surface area contributed by atoms with Gasteiger partial charge >= 0.3 is 5.89 Å². The van der Waals surface area contributed by atoms with Gasteiger partial charge in [0.1, 0.15) is 6.61 Å². The summed E-state index contributed by atoms with van der Waals surface area (Å²) in [6, 6.07) is 15.3. The van der Waals surface area contributed by atoms with Crippen molar-refractivity contribution < 1.29 is 28.7 Å². The van der Waals surface area contributed by atoms with Crippen LogP contribution in [0.25, 0.3) is 17.2 Å². The molecule has 2 aromatic carbocycles. The van der Waals surface area contributed by atoms with Gasteiger partial charge < -0.3 is 24.3 Å². The Kier molecular flexibility index (Phi) is 5.72. The van der Waals surface area contributed by atoms with Crippen LogP contribution in [-0.4, -0.2) is 41.0 Å². The van der Waals surface area contributed by atoms with Crippen molar-refractivity contribution in [1.82, 2.24) is 0 Å². The molecule has 0 unspecified atom stereocenters. The number of hydrogen-bond acceptors (Lipinski definition) is 7. The van der Waals surface area contributed by atoms with Crippen molar-refractivity contribution in [2.75, 3.05) is 24.7 Å². The molecule has 1 aromatic heterocycles. The van der Waals surface area contributed by atoms with Crippen molar-refractivity contribution in [3.63, 3.8) is 0 Å².